The van der Waals surface area contributed by atoms with Gasteiger partial charge in [0.05, 0.1) is 17.3 Å². The molecule has 0 atom stereocenters. The SMILES string of the molecule is Clc1cccc2c1NCC1(CCCCC1)CO2. The molecule has 0 bridgehead atoms. The highest BCUT2D eigenvalue weighted by molar-refractivity contribution is 6.33. The van der Waals surface area contributed by atoms with Crippen LogP contribution in [-0.4, -0.2) is 13.2 Å². The summed E-state index contributed by atoms with van der Waals surface area (Å²) in [4.78, 5) is 0. The van der Waals surface area contributed by atoms with E-state index in [-0.39, 0.29) is 0 Å². The van der Waals surface area contributed by atoms with Gasteiger partial charge in [0.2, 0.25) is 0 Å². The zero-order valence-electron chi connectivity index (χ0n) is 9.97. The van der Waals surface area contributed by atoms with Gasteiger partial charge in [0.15, 0.2) is 0 Å². The van der Waals surface area contributed by atoms with Crippen molar-refractivity contribution in [3.05, 3.63) is 23.2 Å². The molecular formula is C14H18ClNO. The molecule has 0 unspecified atom stereocenters. The topological polar surface area (TPSA) is 21.3 Å². The molecule has 1 saturated carbocycles. The summed E-state index contributed by atoms with van der Waals surface area (Å²) in [5.74, 6) is 0.903. The fourth-order valence-corrected chi connectivity index (χ4v) is 3.21. The van der Waals surface area contributed by atoms with Gasteiger partial charge < -0.3 is 10.1 Å². The Hall–Kier alpha value is -0.890. The second kappa shape index (κ2) is 4.41. The first-order valence-electron chi connectivity index (χ1n) is 6.44. The van der Waals surface area contributed by atoms with Gasteiger partial charge >= 0.3 is 0 Å². The molecule has 3 heteroatoms. The van der Waals surface area contributed by atoms with Gasteiger partial charge in [0, 0.05) is 12.0 Å². The van der Waals surface area contributed by atoms with Crippen LogP contribution in [0.4, 0.5) is 5.69 Å². The van der Waals surface area contributed by atoms with Crippen LogP contribution in [0.15, 0.2) is 18.2 Å². The number of hydrogen-bond acceptors (Lipinski definition) is 2. The van der Waals surface area contributed by atoms with Crippen molar-refractivity contribution >= 4 is 17.3 Å². The fraction of sp³-hybridized carbons (Fsp3) is 0.571. The molecular weight excluding hydrogens is 234 g/mol. The van der Waals surface area contributed by atoms with Gasteiger partial charge in [-0.25, -0.2) is 0 Å². The third-order valence-electron chi connectivity index (χ3n) is 4.06. The summed E-state index contributed by atoms with van der Waals surface area (Å²) in [5, 5.41) is 4.26. The van der Waals surface area contributed by atoms with Gasteiger partial charge in [-0.3, -0.25) is 0 Å². The Morgan fingerprint density at radius 1 is 1.18 bits per heavy atom. The molecule has 2 aliphatic rings. The minimum absolute atomic E-state index is 0.320. The van der Waals surface area contributed by atoms with E-state index < -0.39 is 0 Å². The first kappa shape index (κ1) is 11.2. The number of rotatable bonds is 0. The molecule has 3 rings (SSSR count). The molecule has 0 radical (unpaired) electrons. The highest BCUT2D eigenvalue weighted by Crippen LogP contribution is 2.42. The zero-order valence-corrected chi connectivity index (χ0v) is 10.7. The smallest absolute Gasteiger partial charge is 0.143 e. The molecule has 1 aliphatic heterocycles. The van der Waals surface area contributed by atoms with E-state index in [1.165, 1.54) is 32.1 Å². The Morgan fingerprint density at radius 3 is 2.82 bits per heavy atom. The molecule has 1 fully saturated rings. The molecule has 0 amide bonds. The van der Waals surface area contributed by atoms with Gasteiger partial charge in [-0.05, 0) is 25.0 Å². The molecule has 1 N–H and O–H groups in total. The molecule has 92 valence electrons. The summed E-state index contributed by atoms with van der Waals surface area (Å²) in [5.41, 5.74) is 1.29. The third-order valence-corrected chi connectivity index (χ3v) is 4.38. The van der Waals surface area contributed by atoms with Crippen LogP contribution in [-0.2, 0) is 0 Å². The van der Waals surface area contributed by atoms with E-state index >= 15 is 0 Å². The van der Waals surface area contributed by atoms with Crippen LogP contribution < -0.4 is 10.1 Å². The number of fused-ring (bicyclic) bond motifs is 1. The third kappa shape index (κ3) is 2.11. The average molecular weight is 252 g/mol. The normalized spacial score (nSPS) is 22.2. The van der Waals surface area contributed by atoms with Crippen molar-refractivity contribution in [1.29, 1.82) is 0 Å². The molecule has 1 aromatic rings. The number of halogens is 1. The van der Waals surface area contributed by atoms with Gasteiger partial charge in [0.25, 0.3) is 0 Å². The molecule has 1 aromatic carbocycles. The van der Waals surface area contributed by atoms with Gasteiger partial charge in [-0.1, -0.05) is 36.9 Å². The summed E-state index contributed by atoms with van der Waals surface area (Å²) in [6.07, 6.45) is 6.57. The van der Waals surface area contributed by atoms with E-state index in [4.69, 9.17) is 16.3 Å². The Morgan fingerprint density at radius 2 is 2.00 bits per heavy atom. The highest BCUT2D eigenvalue weighted by Gasteiger charge is 2.35. The van der Waals surface area contributed by atoms with Crippen LogP contribution in [0.1, 0.15) is 32.1 Å². The average Bonchev–Trinajstić information content (AvgIpc) is 2.53. The van der Waals surface area contributed by atoms with Crippen molar-refractivity contribution in [3.63, 3.8) is 0 Å². The Bertz CT molecular complexity index is 413. The maximum atomic E-state index is 6.20. The Kier molecular flexibility index (Phi) is 2.91. The lowest BCUT2D eigenvalue weighted by Gasteiger charge is -2.35. The standard InChI is InChI=1S/C14H18ClNO/c15-11-5-4-6-12-13(11)16-9-14(10-17-12)7-2-1-3-8-14/h4-6,16H,1-3,7-10H2. The van der Waals surface area contributed by atoms with Crippen molar-refractivity contribution in [2.45, 2.75) is 32.1 Å². The van der Waals surface area contributed by atoms with Crippen LogP contribution in [0.2, 0.25) is 5.02 Å². The maximum Gasteiger partial charge on any atom is 0.143 e. The molecule has 2 nitrogen and oxygen atoms in total. The molecule has 1 aliphatic carbocycles. The minimum Gasteiger partial charge on any atom is -0.491 e. The van der Waals surface area contributed by atoms with E-state index in [0.29, 0.717) is 5.41 Å². The van der Waals surface area contributed by atoms with Gasteiger partial charge in [-0.2, -0.15) is 0 Å². The van der Waals surface area contributed by atoms with Crippen LogP contribution in [0.3, 0.4) is 0 Å². The highest BCUT2D eigenvalue weighted by atomic mass is 35.5. The number of hydrogen-bond donors (Lipinski definition) is 1. The fourth-order valence-electron chi connectivity index (χ4n) is 2.98. The first-order chi connectivity index (χ1) is 8.29. The predicted molar refractivity (Wildman–Crippen MR) is 71.0 cm³/mol. The molecule has 0 saturated heterocycles. The largest absolute Gasteiger partial charge is 0.491 e. The summed E-state index contributed by atoms with van der Waals surface area (Å²) < 4.78 is 5.98. The van der Waals surface area contributed by atoms with E-state index in [1.807, 2.05) is 18.2 Å². The summed E-state index contributed by atoms with van der Waals surface area (Å²) in [6.45, 7) is 1.82. The quantitative estimate of drug-likeness (QED) is 0.750. The van der Waals surface area contributed by atoms with Crippen LogP contribution >= 0.6 is 11.6 Å². The second-order valence-electron chi connectivity index (χ2n) is 5.32. The number of anilines is 1. The Labute approximate surface area is 107 Å². The number of nitrogens with one attached hydrogen (secondary N) is 1. The number of benzene rings is 1. The van der Waals surface area contributed by atoms with Crippen molar-refractivity contribution in [2.75, 3.05) is 18.5 Å². The van der Waals surface area contributed by atoms with E-state index in [0.717, 1.165) is 29.6 Å². The van der Waals surface area contributed by atoms with Crippen molar-refractivity contribution in [1.82, 2.24) is 0 Å². The Balaban J connectivity index is 1.85. The lowest BCUT2D eigenvalue weighted by Crippen LogP contribution is -2.36. The molecule has 17 heavy (non-hydrogen) atoms. The lowest BCUT2D eigenvalue weighted by atomic mass is 9.74. The monoisotopic (exact) mass is 251 g/mol. The van der Waals surface area contributed by atoms with Crippen LogP contribution in [0.25, 0.3) is 0 Å². The van der Waals surface area contributed by atoms with E-state index in [1.54, 1.807) is 0 Å². The van der Waals surface area contributed by atoms with Crippen molar-refractivity contribution < 1.29 is 4.74 Å². The summed E-state index contributed by atoms with van der Waals surface area (Å²) >= 11 is 6.20. The lowest BCUT2D eigenvalue weighted by molar-refractivity contribution is 0.115. The van der Waals surface area contributed by atoms with Gasteiger partial charge in [0.1, 0.15) is 5.75 Å². The predicted octanol–water partition coefficient (Wildman–Crippen LogP) is 4.09. The van der Waals surface area contributed by atoms with Crippen LogP contribution in [0.5, 0.6) is 5.75 Å². The van der Waals surface area contributed by atoms with Crippen LogP contribution in [0, 0.1) is 5.41 Å². The van der Waals surface area contributed by atoms with Crippen molar-refractivity contribution in [3.8, 4) is 5.75 Å². The first-order valence-corrected chi connectivity index (χ1v) is 6.82. The molecule has 1 heterocycles. The summed E-state index contributed by atoms with van der Waals surface area (Å²) in [7, 11) is 0. The van der Waals surface area contributed by atoms with Gasteiger partial charge in [-0.15, -0.1) is 0 Å². The molecule has 0 aromatic heterocycles. The number of para-hydroxylation sites is 1. The van der Waals surface area contributed by atoms with Crippen molar-refractivity contribution in [2.24, 2.45) is 5.41 Å². The second-order valence-corrected chi connectivity index (χ2v) is 5.72. The minimum atomic E-state index is 0.320. The maximum absolute atomic E-state index is 6.20. The zero-order chi connectivity index (χ0) is 11.7. The van der Waals surface area contributed by atoms with E-state index in [9.17, 15) is 0 Å². The van der Waals surface area contributed by atoms with E-state index in [2.05, 4.69) is 5.32 Å². The summed E-state index contributed by atoms with van der Waals surface area (Å²) in [6, 6.07) is 5.85. The molecule has 1 spiro atoms. The number of ether oxygens (including phenoxy) is 1.